The molecule has 0 unspecified atom stereocenters. The molecule has 0 aliphatic heterocycles. The average molecular weight is 667 g/mol. The second-order valence-electron chi connectivity index (χ2n) is 13.0. The first-order valence-electron chi connectivity index (χ1n) is 15.8. The number of aliphatic hydroxyl groups is 2. The number of benzene rings is 4. The van der Waals surface area contributed by atoms with Gasteiger partial charge >= 0.3 is 12.2 Å². The standard InChI is InChI=1S/C39H42N2O8/c1-24-19-28(11-17-32(24)40-36(44)48-22-26-7-13-30(14-8-26)34(42)38(3,4)46)21-29-12-18-33(25(2)20-29)41-37(45)49-23-27-9-15-31(16-10-27)35(43)39(5,6)47/h7-20,46-47H,21-23H2,1-6H3,(H,40,44)(H,41,45). The molecule has 0 saturated heterocycles. The van der Waals surface area contributed by atoms with Gasteiger partial charge in [0.05, 0.1) is 0 Å². The Balaban J connectivity index is 1.25. The summed E-state index contributed by atoms with van der Waals surface area (Å²) in [5.41, 5.74) is 4.25. The zero-order valence-corrected chi connectivity index (χ0v) is 28.5. The number of nitrogens with one attached hydrogen (secondary N) is 2. The van der Waals surface area contributed by atoms with E-state index < -0.39 is 23.4 Å². The molecule has 0 spiro atoms. The van der Waals surface area contributed by atoms with Crippen molar-refractivity contribution in [3.8, 4) is 0 Å². The van der Waals surface area contributed by atoms with Crippen LogP contribution in [0.1, 0.15) is 81.8 Å². The lowest BCUT2D eigenvalue weighted by molar-refractivity contribution is 0.0487. The van der Waals surface area contributed by atoms with Crippen LogP contribution in [0, 0.1) is 13.8 Å². The topological polar surface area (TPSA) is 151 Å². The molecule has 10 nitrogen and oxygen atoms in total. The second-order valence-corrected chi connectivity index (χ2v) is 13.0. The van der Waals surface area contributed by atoms with Gasteiger partial charge in [-0.25, -0.2) is 9.59 Å². The van der Waals surface area contributed by atoms with E-state index >= 15 is 0 Å². The summed E-state index contributed by atoms with van der Waals surface area (Å²) in [5.74, 6) is -0.778. The van der Waals surface area contributed by atoms with Gasteiger partial charge in [-0.15, -0.1) is 0 Å². The Morgan fingerprint density at radius 3 is 1.18 bits per heavy atom. The van der Waals surface area contributed by atoms with Crippen molar-refractivity contribution in [2.24, 2.45) is 0 Å². The molecule has 4 aromatic carbocycles. The summed E-state index contributed by atoms with van der Waals surface area (Å²) in [6, 6.07) is 24.5. The van der Waals surface area contributed by atoms with Gasteiger partial charge in [0.1, 0.15) is 24.4 Å². The fraction of sp³-hybridized carbons (Fsp3) is 0.282. The van der Waals surface area contributed by atoms with E-state index in [0.29, 0.717) is 40.0 Å². The third-order valence-electron chi connectivity index (χ3n) is 7.75. The zero-order valence-electron chi connectivity index (χ0n) is 28.5. The van der Waals surface area contributed by atoms with E-state index in [0.717, 1.165) is 22.3 Å². The first-order chi connectivity index (χ1) is 23.0. The van der Waals surface area contributed by atoms with Crippen molar-refractivity contribution in [2.75, 3.05) is 10.6 Å². The van der Waals surface area contributed by atoms with Gasteiger partial charge in [-0.2, -0.15) is 0 Å². The Labute approximate surface area is 286 Å². The minimum absolute atomic E-state index is 0.0176. The van der Waals surface area contributed by atoms with Crippen LogP contribution in [0.4, 0.5) is 21.0 Å². The van der Waals surface area contributed by atoms with E-state index in [4.69, 9.17) is 9.47 Å². The number of rotatable bonds is 12. The van der Waals surface area contributed by atoms with Crippen LogP contribution in [-0.2, 0) is 29.1 Å². The summed E-state index contributed by atoms with van der Waals surface area (Å²) >= 11 is 0. The number of hydrogen-bond acceptors (Lipinski definition) is 8. The van der Waals surface area contributed by atoms with Crippen molar-refractivity contribution >= 4 is 35.1 Å². The number of Topliss-reactive ketones (excluding diaryl/α,β-unsaturated/α-hetero) is 2. The largest absolute Gasteiger partial charge is 0.444 e. The lowest BCUT2D eigenvalue weighted by Crippen LogP contribution is -2.31. The number of ketones is 2. The lowest BCUT2D eigenvalue weighted by Gasteiger charge is -2.15. The van der Waals surface area contributed by atoms with Gasteiger partial charge in [-0.3, -0.25) is 20.2 Å². The number of aryl methyl sites for hydroxylation is 2. The first-order valence-corrected chi connectivity index (χ1v) is 15.8. The summed E-state index contributed by atoms with van der Waals surface area (Å²) in [6.07, 6.45) is -0.586. The minimum Gasteiger partial charge on any atom is -0.444 e. The van der Waals surface area contributed by atoms with E-state index in [1.165, 1.54) is 27.7 Å². The average Bonchev–Trinajstić information content (AvgIpc) is 3.04. The lowest BCUT2D eigenvalue weighted by atomic mass is 9.96. The van der Waals surface area contributed by atoms with E-state index in [1.807, 2.05) is 50.2 Å². The molecule has 0 aliphatic rings. The smallest absolute Gasteiger partial charge is 0.411 e. The number of amides is 2. The maximum absolute atomic E-state index is 12.5. The summed E-state index contributed by atoms with van der Waals surface area (Å²) in [5, 5.41) is 25.3. The van der Waals surface area contributed by atoms with Crippen molar-refractivity contribution in [3.05, 3.63) is 129 Å². The highest BCUT2D eigenvalue weighted by Crippen LogP contribution is 2.23. The van der Waals surface area contributed by atoms with Crippen LogP contribution in [0.25, 0.3) is 0 Å². The molecular formula is C39H42N2O8. The quantitative estimate of drug-likeness (QED) is 0.115. The van der Waals surface area contributed by atoms with Crippen molar-refractivity contribution in [1.82, 2.24) is 0 Å². The highest BCUT2D eigenvalue weighted by atomic mass is 16.6. The van der Waals surface area contributed by atoms with Crippen LogP contribution >= 0.6 is 0 Å². The maximum atomic E-state index is 12.5. The van der Waals surface area contributed by atoms with Crippen LogP contribution < -0.4 is 10.6 Å². The number of carbonyl (C=O) groups excluding carboxylic acids is 4. The first kappa shape index (κ1) is 36.5. The van der Waals surface area contributed by atoms with Crippen molar-refractivity contribution in [2.45, 2.75) is 72.4 Å². The molecule has 0 aliphatic carbocycles. The van der Waals surface area contributed by atoms with Gasteiger partial charge < -0.3 is 19.7 Å². The minimum atomic E-state index is -1.47. The zero-order chi connectivity index (χ0) is 35.9. The summed E-state index contributed by atoms with van der Waals surface area (Å²) in [7, 11) is 0. The molecule has 0 atom stereocenters. The molecule has 0 radical (unpaired) electrons. The fourth-order valence-corrected chi connectivity index (χ4v) is 4.99. The second kappa shape index (κ2) is 15.3. The molecule has 4 rings (SSSR count). The SMILES string of the molecule is Cc1cc(Cc2ccc(NC(=O)OCc3ccc(C(=O)C(C)(C)O)cc3)c(C)c2)ccc1NC(=O)OCc1ccc(C(=O)C(C)(C)O)cc1. The third-order valence-corrected chi connectivity index (χ3v) is 7.75. The van der Waals surface area contributed by atoms with Gasteiger partial charge in [0.25, 0.3) is 0 Å². The molecule has 49 heavy (non-hydrogen) atoms. The predicted octanol–water partition coefficient (Wildman–Crippen LogP) is 7.30. The van der Waals surface area contributed by atoms with Crippen molar-refractivity contribution in [3.63, 3.8) is 0 Å². The van der Waals surface area contributed by atoms with Crippen molar-refractivity contribution in [1.29, 1.82) is 0 Å². The number of hydrogen-bond donors (Lipinski definition) is 4. The van der Waals surface area contributed by atoms with Gasteiger partial charge in [-0.05, 0) is 93.5 Å². The van der Waals surface area contributed by atoms with Gasteiger partial charge in [0.2, 0.25) is 0 Å². The molecule has 4 N–H and O–H groups in total. The van der Waals surface area contributed by atoms with Gasteiger partial charge in [0.15, 0.2) is 11.6 Å². The van der Waals surface area contributed by atoms with Gasteiger partial charge in [0, 0.05) is 22.5 Å². The molecule has 2 amide bonds. The summed E-state index contributed by atoms with van der Waals surface area (Å²) < 4.78 is 10.7. The Morgan fingerprint density at radius 1 is 0.551 bits per heavy atom. The van der Waals surface area contributed by atoms with Crippen molar-refractivity contribution < 1.29 is 38.9 Å². The van der Waals surface area contributed by atoms with E-state index in [1.54, 1.807) is 48.5 Å². The third kappa shape index (κ3) is 10.3. The fourth-order valence-electron chi connectivity index (χ4n) is 4.99. The molecule has 0 saturated carbocycles. The Bertz CT molecular complexity index is 1700. The van der Waals surface area contributed by atoms with E-state index in [9.17, 15) is 29.4 Å². The number of carbonyl (C=O) groups is 4. The molecule has 0 fully saturated rings. The Hall–Kier alpha value is -5.32. The summed E-state index contributed by atoms with van der Waals surface area (Å²) in [4.78, 5) is 49.3. The van der Waals surface area contributed by atoms with Crippen LogP contribution in [0.2, 0.25) is 0 Å². The van der Waals surface area contributed by atoms with E-state index in [2.05, 4.69) is 10.6 Å². The molecule has 0 bridgehead atoms. The molecular weight excluding hydrogens is 624 g/mol. The maximum Gasteiger partial charge on any atom is 0.411 e. The number of ether oxygens (including phenoxy) is 2. The van der Waals surface area contributed by atoms with Crippen LogP contribution in [0.5, 0.6) is 0 Å². The van der Waals surface area contributed by atoms with Gasteiger partial charge in [-0.1, -0.05) is 72.8 Å². The molecule has 256 valence electrons. The number of anilines is 2. The van der Waals surface area contributed by atoms with Crippen LogP contribution in [-0.4, -0.2) is 45.2 Å². The Morgan fingerprint density at radius 2 is 0.878 bits per heavy atom. The molecule has 0 heterocycles. The van der Waals surface area contributed by atoms with E-state index in [-0.39, 0.29) is 24.8 Å². The normalized spacial score (nSPS) is 11.4. The molecule has 10 heteroatoms. The van der Waals surface area contributed by atoms with Crippen LogP contribution in [0.3, 0.4) is 0 Å². The highest BCUT2D eigenvalue weighted by Gasteiger charge is 2.26. The summed E-state index contributed by atoms with van der Waals surface area (Å²) in [6.45, 7) is 9.56. The Kier molecular flexibility index (Phi) is 11.4. The highest BCUT2D eigenvalue weighted by molar-refractivity contribution is 6.02. The molecule has 4 aromatic rings. The monoisotopic (exact) mass is 666 g/mol. The van der Waals surface area contributed by atoms with Crippen LogP contribution in [0.15, 0.2) is 84.9 Å². The molecule has 0 aromatic heterocycles. The predicted molar refractivity (Wildman–Crippen MR) is 187 cm³/mol.